The van der Waals surface area contributed by atoms with E-state index in [0.717, 1.165) is 17.0 Å². The minimum absolute atomic E-state index is 0.926. The first-order valence-electron chi connectivity index (χ1n) is 5.61. The average Bonchev–Trinajstić information content (AvgIpc) is 2.34. The van der Waals surface area contributed by atoms with E-state index in [-0.39, 0.29) is 0 Å². The number of benzene rings is 1. The average molecular weight is 214 g/mol. The van der Waals surface area contributed by atoms with Crippen LogP contribution >= 0.6 is 0 Å². The second-order valence-electron chi connectivity index (χ2n) is 3.41. The quantitative estimate of drug-likeness (QED) is 0.721. The molecule has 0 spiro atoms. The van der Waals surface area contributed by atoms with Crippen molar-refractivity contribution in [2.24, 2.45) is 0 Å². The lowest BCUT2D eigenvalue weighted by molar-refractivity contribution is 1.12. The van der Waals surface area contributed by atoms with Crippen LogP contribution in [0.25, 0.3) is 11.3 Å². The maximum absolute atomic E-state index is 4.32. The Balaban J connectivity index is 0.000000606. The van der Waals surface area contributed by atoms with Crippen molar-refractivity contribution in [1.29, 1.82) is 0 Å². The van der Waals surface area contributed by atoms with E-state index in [0.29, 0.717) is 0 Å². The molecule has 0 bridgehead atoms. The lowest BCUT2D eigenvalue weighted by Gasteiger charge is -2.00. The van der Waals surface area contributed by atoms with E-state index in [1.54, 1.807) is 12.4 Å². The molecule has 16 heavy (non-hydrogen) atoms. The molecule has 0 saturated carbocycles. The van der Waals surface area contributed by atoms with Crippen LogP contribution in [-0.4, -0.2) is 9.97 Å². The third-order valence-electron chi connectivity index (χ3n) is 2.13. The maximum atomic E-state index is 4.32. The number of rotatable bonds is 1. The summed E-state index contributed by atoms with van der Waals surface area (Å²) in [5, 5.41) is 0. The van der Waals surface area contributed by atoms with Gasteiger partial charge in [0.1, 0.15) is 0 Å². The number of aromatic nitrogens is 2. The molecule has 1 aromatic carbocycles. The molecule has 2 heteroatoms. The van der Waals surface area contributed by atoms with Gasteiger partial charge in [-0.3, -0.25) is 9.97 Å². The summed E-state index contributed by atoms with van der Waals surface area (Å²) < 4.78 is 0. The molecule has 0 N–H and O–H groups in total. The second kappa shape index (κ2) is 6.01. The second-order valence-corrected chi connectivity index (χ2v) is 3.41. The Bertz CT molecular complexity index is 372. The van der Waals surface area contributed by atoms with Crippen molar-refractivity contribution >= 4 is 0 Å². The van der Waals surface area contributed by atoms with Crippen LogP contribution in [0.1, 0.15) is 25.1 Å². The van der Waals surface area contributed by atoms with Gasteiger partial charge < -0.3 is 0 Å². The van der Waals surface area contributed by atoms with Crippen LogP contribution in [0.3, 0.4) is 0 Å². The van der Waals surface area contributed by atoms with Crippen LogP contribution in [0, 0.1) is 13.8 Å². The lowest BCUT2D eigenvalue weighted by atomic mass is 10.1. The third kappa shape index (κ3) is 3.16. The summed E-state index contributed by atoms with van der Waals surface area (Å²) in [7, 11) is 0. The van der Waals surface area contributed by atoms with Crippen LogP contribution in [-0.2, 0) is 0 Å². The van der Waals surface area contributed by atoms with Crippen molar-refractivity contribution in [2.75, 3.05) is 0 Å². The van der Waals surface area contributed by atoms with Crippen molar-refractivity contribution in [1.82, 2.24) is 9.97 Å². The highest BCUT2D eigenvalue weighted by Crippen LogP contribution is 2.15. The van der Waals surface area contributed by atoms with Gasteiger partial charge in [-0.15, -0.1) is 0 Å². The minimum atomic E-state index is 0.926. The maximum Gasteiger partial charge on any atom is 0.0885 e. The van der Waals surface area contributed by atoms with Crippen molar-refractivity contribution in [3.63, 3.8) is 0 Å². The molecule has 1 aromatic heterocycles. The largest absolute Gasteiger partial charge is 0.258 e. The molecule has 0 saturated heterocycles. The predicted octanol–water partition coefficient (Wildman–Crippen LogP) is 3.79. The summed E-state index contributed by atoms with van der Waals surface area (Å²) in [6, 6.07) is 8.29. The molecule has 1 heterocycles. The van der Waals surface area contributed by atoms with Gasteiger partial charge in [-0.05, 0) is 13.8 Å². The molecule has 0 aliphatic carbocycles. The fourth-order valence-electron chi connectivity index (χ4n) is 1.27. The standard InChI is InChI=1S/C12H12N2.C2H6/c1-9-3-5-11(6-4-9)12-8-13-10(2)7-14-12;1-2/h3-8H,1-2H3;1-2H3. The van der Waals surface area contributed by atoms with E-state index in [4.69, 9.17) is 0 Å². The Hall–Kier alpha value is -1.70. The molecule has 0 aliphatic heterocycles. The molecular weight excluding hydrogens is 196 g/mol. The number of aryl methyl sites for hydroxylation is 2. The first-order chi connectivity index (χ1) is 7.75. The zero-order valence-corrected chi connectivity index (χ0v) is 10.4. The highest BCUT2D eigenvalue weighted by atomic mass is 14.8. The fourth-order valence-corrected chi connectivity index (χ4v) is 1.27. The number of hydrogen-bond donors (Lipinski definition) is 0. The Labute approximate surface area is 97.4 Å². The SMILES string of the molecule is CC.Cc1ccc(-c2cnc(C)cn2)cc1. The molecule has 2 rings (SSSR count). The van der Waals surface area contributed by atoms with Crippen LogP contribution in [0.4, 0.5) is 0 Å². The van der Waals surface area contributed by atoms with Crippen molar-refractivity contribution in [3.05, 3.63) is 47.9 Å². The predicted molar refractivity (Wildman–Crippen MR) is 68.3 cm³/mol. The van der Waals surface area contributed by atoms with Gasteiger partial charge in [0.25, 0.3) is 0 Å². The van der Waals surface area contributed by atoms with Crippen molar-refractivity contribution in [3.8, 4) is 11.3 Å². The summed E-state index contributed by atoms with van der Waals surface area (Å²) in [5.41, 5.74) is 4.24. The van der Waals surface area contributed by atoms with Gasteiger partial charge in [-0.2, -0.15) is 0 Å². The molecule has 0 unspecified atom stereocenters. The van der Waals surface area contributed by atoms with Crippen LogP contribution in [0.2, 0.25) is 0 Å². The number of nitrogens with zero attached hydrogens (tertiary/aromatic N) is 2. The topological polar surface area (TPSA) is 25.8 Å². The van der Waals surface area contributed by atoms with Crippen molar-refractivity contribution < 1.29 is 0 Å². The molecule has 0 radical (unpaired) electrons. The lowest BCUT2D eigenvalue weighted by Crippen LogP contribution is -1.87. The molecule has 0 atom stereocenters. The van der Waals surface area contributed by atoms with E-state index < -0.39 is 0 Å². The summed E-state index contributed by atoms with van der Waals surface area (Å²) in [6.45, 7) is 8.01. The molecule has 0 aliphatic rings. The molecule has 0 fully saturated rings. The Morgan fingerprint density at radius 3 is 1.94 bits per heavy atom. The highest BCUT2D eigenvalue weighted by molar-refractivity contribution is 5.58. The van der Waals surface area contributed by atoms with Gasteiger partial charge in [-0.25, -0.2) is 0 Å². The third-order valence-corrected chi connectivity index (χ3v) is 2.13. The smallest absolute Gasteiger partial charge is 0.0885 e. The highest BCUT2D eigenvalue weighted by Gasteiger charge is 1.97. The number of hydrogen-bond acceptors (Lipinski definition) is 2. The molecule has 0 amide bonds. The van der Waals surface area contributed by atoms with E-state index in [9.17, 15) is 0 Å². The zero-order chi connectivity index (χ0) is 12.0. The molecule has 2 aromatic rings. The summed E-state index contributed by atoms with van der Waals surface area (Å²) in [6.07, 6.45) is 3.59. The Kier molecular flexibility index (Phi) is 4.65. The fraction of sp³-hybridized carbons (Fsp3) is 0.286. The minimum Gasteiger partial charge on any atom is -0.258 e. The monoisotopic (exact) mass is 214 g/mol. The van der Waals surface area contributed by atoms with Gasteiger partial charge >= 0.3 is 0 Å². The van der Waals surface area contributed by atoms with Gasteiger partial charge in [-0.1, -0.05) is 43.7 Å². The normalized spacial score (nSPS) is 9.25. The first kappa shape index (κ1) is 12.4. The Morgan fingerprint density at radius 2 is 1.44 bits per heavy atom. The zero-order valence-electron chi connectivity index (χ0n) is 10.4. The van der Waals surface area contributed by atoms with E-state index >= 15 is 0 Å². The van der Waals surface area contributed by atoms with Crippen LogP contribution in [0.15, 0.2) is 36.7 Å². The molecule has 2 nitrogen and oxygen atoms in total. The molecule has 84 valence electrons. The Morgan fingerprint density at radius 1 is 0.812 bits per heavy atom. The van der Waals surface area contributed by atoms with E-state index in [1.807, 2.05) is 20.8 Å². The summed E-state index contributed by atoms with van der Waals surface area (Å²) >= 11 is 0. The first-order valence-corrected chi connectivity index (χ1v) is 5.61. The van der Waals surface area contributed by atoms with E-state index in [1.165, 1.54) is 5.56 Å². The summed E-state index contributed by atoms with van der Waals surface area (Å²) in [4.78, 5) is 8.53. The molecular formula is C14H18N2. The van der Waals surface area contributed by atoms with Gasteiger partial charge in [0.05, 0.1) is 17.6 Å². The summed E-state index contributed by atoms with van der Waals surface area (Å²) in [5.74, 6) is 0. The van der Waals surface area contributed by atoms with Gasteiger partial charge in [0.2, 0.25) is 0 Å². The van der Waals surface area contributed by atoms with Crippen LogP contribution < -0.4 is 0 Å². The van der Waals surface area contributed by atoms with Gasteiger partial charge in [0, 0.05) is 11.8 Å². The van der Waals surface area contributed by atoms with Crippen LogP contribution in [0.5, 0.6) is 0 Å². The van der Waals surface area contributed by atoms with Crippen molar-refractivity contribution in [2.45, 2.75) is 27.7 Å². The van der Waals surface area contributed by atoms with Gasteiger partial charge in [0.15, 0.2) is 0 Å². The van der Waals surface area contributed by atoms with E-state index in [2.05, 4.69) is 41.2 Å².